The second kappa shape index (κ2) is 11.9. The highest BCUT2D eigenvalue weighted by Crippen LogP contribution is 2.34. The molecule has 2 aromatic heterocycles. The summed E-state index contributed by atoms with van der Waals surface area (Å²) in [6.07, 6.45) is 14.7. The number of imidazole rings is 1. The van der Waals surface area contributed by atoms with Gasteiger partial charge in [0.25, 0.3) is 0 Å². The summed E-state index contributed by atoms with van der Waals surface area (Å²) in [7, 11) is 9.86. The smallest absolute Gasteiger partial charge is 0.220 e. The third kappa shape index (κ3) is 5.66. The van der Waals surface area contributed by atoms with Crippen LogP contribution in [0.15, 0.2) is 30.5 Å². The lowest BCUT2D eigenvalue weighted by atomic mass is 9.85. The van der Waals surface area contributed by atoms with E-state index in [2.05, 4.69) is 27.2 Å². The van der Waals surface area contributed by atoms with Crippen molar-refractivity contribution in [3.8, 4) is 11.5 Å². The molecule has 2 radical (unpaired) electrons. The van der Waals surface area contributed by atoms with Gasteiger partial charge >= 0.3 is 0 Å². The lowest BCUT2D eigenvalue weighted by Gasteiger charge is -2.29. The molecular weight excluding hydrogens is 477 g/mol. The molecule has 198 valence electrons. The van der Waals surface area contributed by atoms with Crippen LogP contribution in [0.4, 0.5) is 5.82 Å². The van der Waals surface area contributed by atoms with Gasteiger partial charge in [-0.1, -0.05) is 18.9 Å². The highest BCUT2D eigenvalue weighted by Gasteiger charge is 2.29. The molecule has 9 heteroatoms. The zero-order valence-electron chi connectivity index (χ0n) is 22.3. The molecule has 0 unspecified atom stereocenters. The van der Waals surface area contributed by atoms with Crippen LogP contribution in [-0.4, -0.2) is 48.4 Å². The Bertz CT molecular complexity index is 1320. The van der Waals surface area contributed by atoms with Crippen molar-refractivity contribution in [3.05, 3.63) is 47.6 Å². The van der Waals surface area contributed by atoms with E-state index in [-0.39, 0.29) is 17.9 Å². The number of ether oxygens (including phenoxy) is 2. The van der Waals surface area contributed by atoms with Gasteiger partial charge in [-0.3, -0.25) is 9.20 Å². The lowest BCUT2D eigenvalue weighted by molar-refractivity contribution is -0.122. The molecule has 2 bridgehead atoms. The molecule has 1 aliphatic heterocycles. The third-order valence-electron chi connectivity index (χ3n) is 7.65. The fourth-order valence-corrected chi connectivity index (χ4v) is 5.68. The number of benzene rings is 1. The Morgan fingerprint density at radius 1 is 1.16 bits per heavy atom. The van der Waals surface area contributed by atoms with E-state index in [1.54, 1.807) is 14.2 Å². The van der Waals surface area contributed by atoms with E-state index in [4.69, 9.17) is 27.3 Å². The van der Waals surface area contributed by atoms with E-state index < -0.39 is 0 Å². The number of nitrogens with one attached hydrogen (secondary N) is 2. The van der Waals surface area contributed by atoms with E-state index in [9.17, 15) is 4.79 Å². The Labute approximate surface area is 225 Å². The van der Waals surface area contributed by atoms with Crippen LogP contribution in [0.25, 0.3) is 11.6 Å². The number of methoxy groups -OCH3 is 2. The van der Waals surface area contributed by atoms with Crippen molar-refractivity contribution >= 4 is 36.8 Å². The monoisotopic (exact) mass is 513 g/mol. The van der Waals surface area contributed by atoms with Crippen LogP contribution in [0.1, 0.15) is 80.8 Å². The fourth-order valence-electron chi connectivity index (χ4n) is 5.68. The first-order valence-electron chi connectivity index (χ1n) is 13.6. The minimum Gasteiger partial charge on any atom is -0.497 e. The molecule has 1 fully saturated rings. The number of hydrogen-bond acceptors (Lipinski definition) is 6. The first kappa shape index (κ1) is 26.1. The van der Waals surface area contributed by atoms with Gasteiger partial charge in [-0.05, 0) is 56.7 Å². The van der Waals surface area contributed by atoms with Gasteiger partial charge in [0.2, 0.25) is 5.91 Å². The van der Waals surface area contributed by atoms with Crippen LogP contribution in [-0.2, 0) is 11.3 Å². The number of nitrogens with zero attached hydrogens (tertiary/aromatic N) is 3. The number of anilines is 1. The first-order chi connectivity index (χ1) is 18.6. The summed E-state index contributed by atoms with van der Waals surface area (Å²) in [5, 5.41) is 6.75. The SMILES string of the molecule is [B]c1nc2n3c(cnc(NCc4ccc(OC)cc4OC)c13)/C=C/CCCCCC(=O)N[C@@H]1CCC[C@@H]2C1. The van der Waals surface area contributed by atoms with Gasteiger partial charge in [-0.2, -0.15) is 0 Å². The number of carbonyl (C=O) groups is 1. The lowest BCUT2D eigenvalue weighted by Crippen LogP contribution is -2.38. The van der Waals surface area contributed by atoms with Gasteiger partial charge in [-0.15, -0.1) is 0 Å². The van der Waals surface area contributed by atoms with Crippen LogP contribution in [0.3, 0.4) is 0 Å². The molecule has 2 aliphatic rings. The zero-order chi connectivity index (χ0) is 26.5. The normalized spacial score (nSPS) is 21.2. The van der Waals surface area contributed by atoms with Gasteiger partial charge in [-0.25, -0.2) is 9.97 Å². The molecule has 38 heavy (non-hydrogen) atoms. The van der Waals surface area contributed by atoms with Crippen molar-refractivity contribution in [1.29, 1.82) is 0 Å². The second-order valence-corrected chi connectivity index (χ2v) is 10.2. The van der Waals surface area contributed by atoms with E-state index in [1.165, 1.54) is 0 Å². The maximum atomic E-state index is 12.5. The number of allylic oxidation sites excluding steroid dienone is 1. The predicted molar refractivity (Wildman–Crippen MR) is 151 cm³/mol. The van der Waals surface area contributed by atoms with E-state index in [0.29, 0.717) is 24.4 Å². The van der Waals surface area contributed by atoms with Crippen molar-refractivity contribution in [3.63, 3.8) is 0 Å². The molecule has 1 saturated carbocycles. The average Bonchev–Trinajstić information content (AvgIpc) is 3.29. The molecule has 2 N–H and O–H groups in total. The van der Waals surface area contributed by atoms with E-state index >= 15 is 0 Å². The van der Waals surface area contributed by atoms with Crippen molar-refractivity contribution in [2.75, 3.05) is 19.5 Å². The van der Waals surface area contributed by atoms with Gasteiger partial charge < -0.3 is 20.1 Å². The third-order valence-corrected chi connectivity index (χ3v) is 7.65. The Balaban J connectivity index is 1.51. The highest BCUT2D eigenvalue weighted by molar-refractivity contribution is 6.36. The van der Waals surface area contributed by atoms with E-state index in [0.717, 1.165) is 85.5 Å². The molecule has 1 aliphatic carbocycles. The van der Waals surface area contributed by atoms with Gasteiger partial charge in [0, 0.05) is 42.1 Å². The summed E-state index contributed by atoms with van der Waals surface area (Å²) in [6, 6.07) is 5.93. The van der Waals surface area contributed by atoms with Crippen molar-refractivity contribution in [1.82, 2.24) is 19.7 Å². The number of amides is 1. The number of aromatic nitrogens is 3. The van der Waals surface area contributed by atoms with Gasteiger partial charge in [0.15, 0.2) is 5.82 Å². The summed E-state index contributed by atoms with van der Waals surface area (Å²) >= 11 is 0. The standard InChI is InChI=1S/C29H36BN5O3/c1-37-23-14-13-20(24(16-23)38-2)17-31-28-26-27(30)34-29-19-9-8-10-21(15-19)33-25(36)12-7-5-3-4-6-11-22(18-32-28)35(26)29/h6,11,13-14,16,18-19,21H,3-5,7-10,12,15,17H2,1-2H3,(H,31,32)(H,33,36)/b11-6+/t19-,21-/m1/s1. The largest absolute Gasteiger partial charge is 0.497 e. The fraction of sp³-hybridized carbons (Fsp3) is 0.483. The first-order valence-corrected chi connectivity index (χ1v) is 13.6. The van der Waals surface area contributed by atoms with Crippen LogP contribution >= 0.6 is 0 Å². The van der Waals surface area contributed by atoms with Gasteiger partial charge in [0.1, 0.15) is 30.7 Å². The summed E-state index contributed by atoms with van der Waals surface area (Å²) in [6.45, 7) is 0.502. The molecular formula is C29H36BN5O3. The molecule has 3 aromatic rings. The maximum absolute atomic E-state index is 12.5. The summed E-state index contributed by atoms with van der Waals surface area (Å²) in [4.78, 5) is 22.2. The molecule has 2 atom stereocenters. The quantitative estimate of drug-likeness (QED) is 0.496. The van der Waals surface area contributed by atoms with Crippen LogP contribution in [0.2, 0.25) is 0 Å². The second-order valence-electron chi connectivity index (χ2n) is 10.2. The maximum Gasteiger partial charge on any atom is 0.220 e. The summed E-state index contributed by atoms with van der Waals surface area (Å²) in [5.41, 5.74) is 3.18. The average molecular weight is 513 g/mol. The Kier molecular flexibility index (Phi) is 8.20. The van der Waals surface area contributed by atoms with Crippen LogP contribution in [0, 0.1) is 0 Å². The van der Waals surface area contributed by atoms with Gasteiger partial charge in [0.05, 0.1) is 26.1 Å². The molecule has 0 spiro atoms. The molecule has 1 amide bonds. The number of hydrogen-bond donors (Lipinski definition) is 2. The van der Waals surface area contributed by atoms with Crippen molar-refractivity contribution < 1.29 is 14.3 Å². The number of carbonyl (C=O) groups excluding carboxylic acids is 1. The number of rotatable bonds is 5. The molecule has 8 nitrogen and oxygen atoms in total. The summed E-state index contributed by atoms with van der Waals surface area (Å²) < 4.78 is 13.1. The van der Waals surface area contributed by atoms with E-state index in [1.807, 2.05) is 24.4 Å². The zero-order valence-corrected chi connectivity index (χ0v) is 22.3. The van der Waals surface area contributed by atoms with Crippen molar-refractivity contribution in [2.24, 2.45) is 0 Å². The van der Waals surface area contributed by atoms with Crippen LogP contribution in [0.5, 0.6) is 11.5 Å². The van der Waals surface area contributed by atoms with Crippen molar-refractivity contribution in [2.45, 2.75) is 76.3 Å². The minimum absolute atomic E-state index is 0.166. The topological polar surface area (TPSA) is 89.8 Å². The number of fused-ring (bicyclic) bond motifs is 3. The molecule has 5 rings (SSSR count). The predicted octanol–water partition coefficient (Wildman–Crippen LogP) is 4.27. The molecule has 3 heterocycles. The Morgan fingerprint density at radius 2 is 2.05 bits per heavy atom. The van der Waals surface area contributed by atoms with Crippen LogP contribution < -0.4 is 25.7 Å². The Hall–Kier alpha value is -3.49. The highest BCUT2D eigenvalue weighted by atomic mass is 16.5. The Morgan fingerprint density at radius 3 is 2.89 bits per heavy atom. The minimum atomic E-state index is 0.166. The molecule has 0 saturated heterocycles. The molecule has 1 aromatic carbocycles. The summed E-state index contributed by atoms with van der Waals surface area (Å²) in [5.74, 6) is 3.46.